The number of anilines is 2. The van der Waals surface area contributed by atoms with Gasteiger partial charge in [-0.1, -0.05) is 28.8 Å². The van der Waals surface area contributed by atoms with Crippen molar-refractivity contribution in [2.24, 2.45) is 0 Å². The van der Waals surface area contributed by atoms with Gasteiger partial charge in [0.15, 0.2) is 4.47 Å². The lowest BCUT2D eigenvalue weighted by Crippen LogP contribution is -1.99. The van der Waals surface area contributed by atoms with Gasteiger partial charge in [-0.15, -0.1) is 16.4 Å². The first-order valence-electron chi connectivity index (χ1n) is 5.75. The molecule has 0 spiro atoms. The number of nitrogens with zero attached hydrogens (tertiary/aromatic N) is 3. The number of aromatic nitrogens is 3. The molecule has 3 rings (SSSR count). The predicted molar refractivity (Wildman–Crippen MR) is 78.6 cm³/mol. The maximum Gasteiger partial charge on any atom is 0.313 e. The molecular weight excluding hydrogens is 298 g/mol. The smallest absolute Gasteiger partial charge is 0.313 e. The Balaban J connectivity index is 1.83. The number of halogens is 1. The highest BCUT2D eigenvalue weighted by atomic mass is 35.5. The molecule has 0 fully saturated rings. The first-order chi connectivity index (χ1) is 9.72. The van der Waals surface area contributed by atoms with E-state index >= 15 is 0 Å². The van der Waals surface area contributed by atoms with Gasteiger partial charge >= 0.3 is 6.01 Å². The van der Waals surface area contributed by atoms with E-state index in [1.165, 1.54) is 11.3 Å². The highest BCUT2D eigenvalue weighted by Gasteiger charge is 2.11. The Morgan fingerprint density at radius 1 is 1.30 bits per heavy atom. The van der Waals surface area contributed by atoms with E-state index in [4.69, 9.17) is 21.8 Å². The predicted octanol–water partition coefficient (Wildman–Crippen LogP) is 3.04. The topological polar surface area (TPSA) is 89.9 Å². The van der Waals surface area contributed by atoms with Crippen molar-refractivity contribution in [3.05, 3.63) is 39.8 Å². The van der Waals surface area contributed by atoms with Crippen molar-refractivity contribution in [2.75, 3.05) is 11.1 Å². The highest BCUT2D eigenvalue weighted by Crippen LogP contribution is 2.28. The third-order valence-corrected chi connectivity index (χ3v) is 3.69. The van der Waals surface area contributed by atoms with Crippen molar-refractivity contribution >= 4 is 34.6 Å². The number of rotatable bonds is 4. The molecule has 1 aromatic carbocycles. The van der Waals surface area contributed by atoms with E-state index in [0.29, 0.717) is 16.9 Å². The van der Waals surface area contributed by atoms with Gasteiger partial charge in [0.05, 0.1) is 12.1 Å². The molecule has 0 amide bonds. The normalized spacial score (nSPS) is 10.7. The molecular formula is C12H10ClN5OS. The maximum atomic E-state index is 5.80. The lowest BCUT2D eigenvalue weighted by molar-refractivity contribution is 0.590. The first-order valence-corrected chi connectivity index (χ1v) is 6.94. The van der Waals surface area contributed by atoms with Gasteiger partial charge in [0.1, 0.15) is 0 Å². The Morgan fingerprint density at radius 2 is 2.15 bits per heavy atom. The summed E-state index contributed by atoms with van der Waals surface area (Å²) >= 11 is 7.24. The Labute approximate surface area is 123 Å². The number of hydrogen-bond donors (Lipinski definition) is 2. The second-order valence-corrected chi connectivity index (χ2v) is 5.62. The SMILES string of the molecule is Nc1nnc(-c2ccccc2NCc2cnc(Cl)s2)o1. The standard InChI is InChI=1S/C12H10ClN5OS/c13-11-16-6-7(20-11)5-15-9-4-2-1-3-8(9)10-17-18-12(14)19-10/h1-4,6,15H,5H2,(H2,14,18). The molecule has 3 aromatic rings. The van der Waals surface area contributed by atoms with Crippen LogP contribution in [-0.4, -0.2) is 15.2 Å². The Hall–Kier alpha value is -2.12. The van der Waals surface area contributed by atoms with E-state index in [1.54, 1.807) is 6.20 Å². The molecule has 6 nitrogen and oxygen atoms in total. The van der Waals surface area contributed by atoms with E-state index in [1.807, 2.05) is 24.3 Å². The van der Waals surface area contributed by atoms with Crippen LogP contribution in [0.4, 0.5) is 11.7 Å². The van der Waals surface area contributed by atoms with E-state index < -0.39 is 0 Å². The van der Waals surface area contributed by atoms with Crippen LogP contribution in [0.5, 0.6) is 0 Å². The molecule has 0 saturated carbocycles. The number of nitrogens with one attached hydrogen (secondary N) is 1. The molecule has 0 aliphatic heterocycles. The van der Waals surface area contributed by atoms with Gasteiger partial charge in [0.25, 0.3) is 5.89 Å². The van der Waals surface area contributed by atoms with Crippen LogP contribution in [0.2, 0.25) is 4.47 Å². The summed E-state index contributed by atoms with van der Waals surface area (Å²) in [7, 11) is 0. The van der Waals surface area contributed by atoms with Gasteiger partial charge in [-0.3, -0.25) is 0 Å². The molecule has 102 valence electrons. The van der Waals surface area contributed by atoms with E-state index in [-0.39, 0.29) is 6.01 Å². The van der Waals surface area contributed by atoms with Crippen LogP contribution >= 0.6 is 22.9 Å². The number of thiazole rings is 1. The van der Waals surface area contributed by atoms with Crippen LogP contribution in [0.25, 0.3) is 11.5 Å². The molecule has 20 heavy (non-hydrogen) atoms. The Kier molecular flexibility index (Phi) is 3.53. The van der Waals surface area contributed by atoms with Gasteiger partial charge < -0.3 is 15.5 Å². The van der Waals surface area contributed by atoms with E-state index in [9.17, 15) is 0 Å². The molecule has 8 heteroatoms. The molecule has 0 radical (unpaired) electrons. The summed E-state index contributed by atoms with van der Waals surface area (Å²) < 4.78 is 5.78. The largest absolute Gasteiger partial charge is 0.403 e. The summed E-state index contributed by atoms with van der Waals surface area (Å²) in [5, 5.41) is 10.9. The summed E-state index contributed by atoms with van der Waals surface area (Å²) in [4.78, 5) is 5.04. The molecule has 0 saturated heterocycles. The number of benzene rings is 1. The minimum Gasteiger partial charge on any atom is -0.403 e. The summed E-state index contributed by atoms with van der Waals surface area (Å²) in [6.07, 6.45) is 1.74. The van der Waals surface area contributed by atoms with E-state index in [2.05, 4.69) is 20.5 Å². The van der Waals surface area contributed by atoms with Crippen molar-refractivity contribution in [1.29, 1.82) is 0 Å². The van der Waals surface area contributed by atoms with Crippen LogP contribution in [0.1, 0.15) is 4.88 Å². The van der Waals surface area contributed by atoms with Crippen LogP contribution in [-0.2, 0) is 6.54 Å². The number of nitrogens with two attached hydrogens (primary N) is 1. The zero-order valence-corrected chi connectivity index (χ0v) is 11.8. The molecule has 0 atom stereocenters. The fourth-order valence-corrected chi connectivity index (χ4v) is 2.63. The Bertz CT molecular complexity index is 726. The minimum absolute atomic E-state index is 0.0454. The third-order valence-electron chi connectivity index (χ3n) is 2.58. The third kappa shape index (κ3) is 2.73. The van der Waals surface area contributed by atoms with Crippen LogP contribution in [0.3, 0.4) is 0 Å². The Morgan fingerprint density at radius 3 is 2.85 bits per heavy atom. The summed E-state index contributed by atoms with van der Waals surface area (Å²) in [5.74, 6) is 0.382. The summed E-state index contributed by atoms with van der Waals surface area (Å²) in [5.41, 5.74) is 7.13. The minimum atomic E-state index is 0.0454. The number of hydrogen-bond acceptors (Lipinski definition) is 7. The molecule has 3 N–H and O–H groups in total. The molecule has 2 aromatic heterocycles. The van der Waals surface area contributed by atoms with Gasteiger partial charge in [0, 0.05) is 16.8 Å². The van der Waals surface area contributed by atoms with Gasteiger partial charge in [-0.25, -0.2) is 4.98 Å². The van der Waals surface area contributed by atoms with Gasteiger partial charge in [0.2, 0.25) is 0 Å². The highest BCUT2D eigenvalue weighted by molar-refractivity contribution is 7.15. The van der Waals surface area contributed by atoms with Gasteiger partial charge in [-0.05, 0) is 12.1 Å². The van der Waals surface area contributed by atoms with Crippen LogP contribution in [0, 0.1) is 0 Å². The average Bonchev–Trinajstić information content (AvgIpc) is 3.06. The molecule has 2 heterocycles. The van der Waals surface area contributed by atoms with Gasteiger partial charge in [-0.2, -0.15) is 0 Å². The maximum absolute atomic E-state index is 5.80. The molecule has 0 aliphatic rings. The lowest BCUT2D eigenvalue weighted by Gasteiger charge is -2.08. The molecule has 0 bridgehead atoms. The van der Waals surface area contributed by atoms with Crippen molar-refractivity contribution in [3.8, 4) is 11.5 Å². The van der Waals surface area contributed by atoms with Crippen LogP contribution in [0.15, 0.2) is 34.9 Å². The second kappa shape index (κ2) is 5.48. The van der Waals surface area contributed by atoms with E-state index in [0.717, 1.165) is 16.1 Å². The van der Waals surface area contributed by atoms with Crippen molar-refractivity contribution in [2.45, 2.75) is 6.54 Å². The molecule has 0 aliphatic carbocycles. The first kappa shape index (κ1) is 12.9. The fraction of sp³-hybridized carbons (Fsp3) is 0.0833. The zero-order valence-electron chi connectivity index (χ0n) is 10.2. The quantitative estimate of drug-likeness (QED) is 0.770. The van der Waals surface area contributed by atoms with Crippen molar-refractivity contribution in [1.82, 2.24) is 15.2 Å². The number of nitrogen functional groups attached to an aromatic ring is 1. The van der Waals surface area contributed by atoms with Crippen molar-refractivity contribution < 1.29 is 4.42 Å². The average molecular weight is 308 g/mol. The van der Waals surface area contributed by atoms with Crippen molar-refractivity contribution in [3.63, 3.8) is 0 Å². The molecule has 0 unspecified atom stereocenters. The fourth-order valence-electron chi connectivity index (χ4n) is 1.71. The van der Waals surface area contributed by atoms with Crippen LogP contribution < -0.4 is 11.1 Å². The lowest BCUT2D eigenvalue weighted by atomic mass is 10.2. The zero-order chi connectivity index (χ0) is 13.9. The summed E-state index contributed by atoms with van der Waals surface area (Å²) in [6, 6.07) is 7.67. The number of para-hydroxylation sites is 1. The monoisotopic (exact) mass is 307 g/mol. The summed E-state index contributed by atoms with van der Waals surface area (Å²) in [6.45, 7) is 0.616. The second-order valence-electron chi connectivity index (χ2n) is 3.92.